The number of pyridine rings is 1. The maximum absolute atomic E-state index is 16.2. The van der Waals surface area contributed by atoms with E-state index in [-0.39, 0.29) is 29.7 Å². The number of piperazine rings is 1. The molecule has 5 heterocycles. The molecular formula is C40H49ClF2N8O3. The summed E-state index contributed by atoms with van der Waals surface area (Å²) in [5.74, 6) is -0.141. The fraction of sp³-hybridized carbons (Fsp3) is 0.475. The number of carbonyl (C=O) groups is 1. The zero-order chi connectivity index (χ0) is 38.6. The molecule has 0 bridgehead atoms. The van der Waals surface area contributed by atoms with Crippen LogP contribution < -0.4 is 9.64 Å². The number of rotatable bonds is 10. The van der Waals surface area contributed by atoms with Crippen LogP contribution in [0.25, 0.3) is 32.9 Å². The third-order valence-corrected chi connectivity index (χ3v) is 10.2. The number of halogens is 3. The number of aromatic nitrogens is 3. The number of hydrogen-bond donors (Lipinski definition) is 1. The van der Waals surface area contributed by atoms with Crippen molar-refractivity contribution < 1.29 is 23.4 Å². The normalized spacial score (nSPS) is 18.4. The topological polar surface area (TPSA) is 122 Å². The monoisotopic (exact) mass is 762 g/mol. The molecule has 2 aromatic heterocycles. The van der Waals surface area contributed by atoms with Gasteiger partial charge in [-0.15, -0.1) is 0 Å². The average Bonchev–Trinajstić information content (AvgIpc) is 3.76. The highest BCUT2D eigenvalue weighted by atomic mass is 35.5. The van der Waals surface area contributed by atoms with Crippen molar-refractivity contribution in [3.8, 4) is 23.3 Å². The first kappa shape index (κ1) is 40.7. The molecule has 1 N–H and O–H groups in total. The number of benzene rings is 2. The molecule has 54 heavy (non-hydrogen) atoms. The highest BCUT2D eigenvalue weighted by Crippen LogP contribution is 2.37. The number of nitriles is 1. The molecule has 2 unspecified atom stereocenters. The van der Waals surface area contributed by atoms with Crippen LogP contribution in [0, 0.1) is 17.1 Å². The van der Waals surface area contributed by atoms with Crippen molar-refractivity contribution in [3.05, 3.63) is 65.6 Å². The summed E-state index contributed by atoms with van der Waals surface area (Å²) in [6.45, 7) is 9.48. The van der Waals surface area contributed by atoms with Gasteiger partial charge in [0.05, 0.1) is 25.2 Å². The number of alkyl halides is 1. The van der Waals surface area contributed by atoms with Crippen LogP contribution in [0.4, 0.5) is 14.6 Å². The van der Waals surface area contributed by atoms with E-state index in [4.69, 9.17) is 21.6 Å². The summed E-state index contributed by atoms with van der Waals surface area (Å²) in [6, 6.07) is 13.5. The smallest absolute Gasteiger partial charge is 0.318 e. The van der Waals surface area contributed by atoms with E-state index in [0.29, 0.717) is 73.6 Å². The molecular weight excluding hydrogens is 714 g/mol. The Morgan fingerprint density at radius 2 is 1.89 bits per heavy atom. The van der Waals surface area contributed by atoms with Gasteiger partial charge >= 0.3 is 6.01 Å². The van der Waals surface area contributed by atoms with E-state index < -0.39 is 12.0 Å². The third-order valence-electron chi connectivity index (χ3n) is 9.87. The first-order chi connectivity index (χ1) is 26.2. The summed E-state index contributed by atoms with van der Waals surface area (Å²) in [5.41, 5.74) is 0.824. The molecule has 2 aromatic carbocycles. The van der Waals surface area contributed by atoms with Crippen LogP contribution in [-0.2, 0) is 4.79 Å². The predicted molar refractivity (Wildman–Crippen MR) is 209 cm³/mol. The molecule has 4 aromatic rings. The van der Waals surface area contributed by atoms with Crippen molar-refractivity contribution in [1.82, 2.24) is 29.7 Å². The van der Waals surface area contributed by atoms with Gasteiger partial charge < -0.3 is 19.6 Å². The number of aliphatic hydroxyl groups is 1. The van der Waals surface area contributed by atoms with Gasteiger partial charge in [-0.25, -0.2) is 8.78 Å². The Labute approximate surface area is 320 Å². The summed E-state index contributed by atoms with van der Waals surface area (Å²) in [5, 5.41) is 19.1. The molecule has 0 spiro atoms. The second-order valence-electron chi connectivity index (χ2n) is 13.4. The van der Waals surface area contributed by atoms with Crippen LogP contribution in [0.5, 0.6) is 6.01 Å². The van der Waals surface area contributed by atoms with E-state index >= 15 is 4.39 Å². The van der Waals surface area contributed by atoms with Gasteiger partial charge in [-0.05, 0) is 50.2 Å². The van der Waals surface area contributed by atoms with Crippen LogP contribution in [0.1, 0.15) is 39.5 Å². The van der Waals surface area contributed by atoms with Gasteiger partial charge in [0.1, 0.15) is 23.2 Å². The maximum atomic E-state index is 16.2. The Bertz CT molecular complexity index is 1930. The van der Waals surface area contributed by atoms with Crippen molar-refractivity contribution in [2.24, 2.45) is 0 Å². The van der Waals surface area contributed by atoms with Gasteiger partial charge in [0, 0.05) is 87.0 Å². The lowest BCUT2D eigenvalue weighted by molar-refractivity contribution is -0.126. The first-order valence-electron chi connectivity index (χ1n) is 18.5. The van der Waals surface area contributed by atoms with E-state index in [0.717, 1.165) is 36.7 Å². The molecule has 7 rings (SSSR count). The van der Waals surface area contributed by atoms with E-state index in [9.17, 15) is 14.3 Å². The summed E-state index contributed by atoms with van der Waals surface area (Å²) in [6.07, 6.45) is 8.82. The molecule has 0 radical (unpaired) electrons. The van der Waals surface area contributed by atoms with E-state index in [1.807, 2.05) is 35.2 Å². The van der Waals surface area contributed by atoms with E-state index in [1.54, 1.807) is 35.4 Å². The number of amides is 1. The average molecular weight is 763 g/mol. The number of carbonyl (C=O) groups excluding carboxylic acids is 1. The predicted octanol–water partition coefficient (Wildman–Crippen LogP) is 6.28. The fourth-order valence-electron chi connectivity index (χ4n) is 7.36. The molecule has 3 saturated heterocycles. The highest BCUT2D eigenvalue weighted by molar-refractivity contribution is 6.36. The number of methoxy groups -OCH3 is 1. The van der Waals surface area contributed by atoms with Crippen LogP contribution in [-0.4, -0.2) is 125 Å². The molecule has 2 atom stereocenters. The minimum atomic E-state index is -0.584. The molecule has 3 aliphatic rings. The van der Waals surface area contributed by atoms with Crippen LogP contribution in [0.3, 0.4) is 0 Å². The van der Waals surface area contributed by atoms with Gasteiger partial charge in [0.25, 0.3) is 0 Å². The quantitative estimate of drug-likeness (QED) is 0.185. The number of aliphatic hydroxyl groups excluding tert-OH is 1. The van der Waals surface area contributed by atoms with Gasteiger partial charge in [-0.1, -0.05) is 54.9 Å². The molecule has 11 nitrogen and oxygen atoms in total. The zero-order valence-corrected chi connectivity index (χ0v) is 32.0. The van der Waals surface area contributed by atoms with Gasteiger partial charge in [0.15, 0.2) is 5.82 Å². The molecule has 0 saturated carbocycles. The van der Waals surface area contributed by atoms with Gasteiger partial charge in [0.2, 0.25) is 5.91 Å². The standard InChI is InChI=1S/C31H34ClFN6O3.C7H12FN.C2H3N/c1-3-12-37(18-19-40)13-6-11-25(41)38-14-16-39(17-15-38)30-23-20-34-28(27(33)29(23)35-31(36-30)42-2)22-9-4-7-21-8-5-10-24(32)26(21)22;8-6-4-7-2-1-3-9(7)5-6;1-2-3/h4-11,20,40H,3,12-19H2,1-2H3;6-7H,1-5H2;1H3/b11-6+;;. The van der Waals surface area contributed by atoms with E-state index in [2.05, 4.69) is 31.7 Å². The van der Waals surface area contributed by atoms with Crippen molar-refractivity contribution >= 4 is 45.0 Å². The molecule has 288 valence electrons. The fourth-order valence-corrected chi connectivity index (χ4v) is 7.64. The SMILES string of the molecule is CC#N.CCCN(C/C=C/C(=O)N1CCN(c2nc(OC)nc3c(F)c(-c4cccc5cccc(Cl)c45)ncc23)CC1)CCO.FC1CC2CCCN2C1. The lowest BCUT2D eigenvalue weighted by Crippen LogP contribution is -2.48. The Hall–Kier alpha value is -4.48. The summed E-state index contributed by atoms with van der Waals surface area (Å²) in [4.78, 5) is 34.4. The van der Waals surface area contributed by atoms with Crippen molar-refractivity contribution in [1.29, 1.82) is 5.26 Å². The Kier molecular flexibility index (Phi) is 14.9. The van der Waals surface area contributed by atoms with Crippen molar-refractivity contribution in [2.75, 3.05) is 77.5 Å². The third kappa shape index (κ3) is 9.78. The lowest BCUT2D eigenvalue weighted by atomic mass is 10.0. The lowest BCUT2D eigenvalue weighted by Gasteiger charge is -2.35. The number of ether oxygens (including phenoxy) is 1. The Morgan fingerprint density at radius 1 is 1.15 bits per heavy atom. The van der Waals surface area contributed by atoms with E-state index in [1.165, 1.54) is 26.9 Å². The summed E-state index contributed by atoms with van der Waals surface area (Å²) >= 11 is 6.51. The van der Waals surface area contributed by atoms with Crippen LogP contribution >= 0.6 is 11.6 Å². The highest BCUT2D eigenvalue weighted by Gasteiger charge is 2.34. The number of fused-ring (bicyclic) bond motifs is 3. The maximum Gasteiger partial charge on any atom is 0.318 e. The number of nitrogens with zero attached hydrogens (tertiary/aromatic N) is 8. The minimum absolute atomic E-state index is 0.0467. The Morgan fingerprint density at radius 3 is 2.57 bits per heavy atom. The zero-order valence-electron chi connectivity index (χ0n) is 31.2. The number of hydrogen-bond acceptors (Lipinski definition) is 10. The summed E-state index contributed by atoms with van der Waals surface area (Å²) < 4.78 is 34.1. The van der Waals surface area contributed by atoms with Crippen LogP contribution in [0.15, 0.2) is 54.7 Å². The number of anilines is 1. The second-order valence-corrected chi connectivity index (χ2v) is 13.9. The van der Waals surface area contributed by atoms with Crippen molar-refractivity contribution in [2.45, 2.75) is 51.7 Å². The molecule has 14 heteroatoms. The van der Waals surface area contributed by atoms with Gasteiger partial charge in [-0.3, -0.25) is 19.6 Å². The molecule has 1 amide bonds. The van der Waals surface area contributed by atoms with Crippen molar-refractivity contribution in [3.63, 3.8) is 0 Å². The molecule has 0 aliphatic carbocycles. The second kappa shape index (κ2) is 19.7. The summed E-state index contributed by atoms with van der Waals surface area (Å²) in [7, 11) is 1.45. The van der Waals surface area contributed by atoms with Crippen LogP contribution in [0.2, 0.25) is 5.02 Å². The largest absolute Gasteiger partial charge is 0.467 e. The Balaban J connectivity index is 0.000000396. The molecule has 3 fully saturated rings. The molecule has 3 aliphatic heterocycles. The van der Waals surface area contributed by atoms with Gasteiger partial charge in [-0.2, -0.15) is 15.2 Å². The minimum Gasteiger partial charge on any atom is -0.467 e. The first-order valence-corrected chi connectivity index (χ1v) is 18.9.